The molecule has 1 aromatic heterocycles. The molecule has 6 heteroatoms. The Hall–Kier alpha value is -1.43. The number of likely N-dealkylation sites (tertiary alicyclic amines) is 1. The summed E-state index contributed by atoms with van der Waals surface area (Å²) in [5.41, 5.74) is 7.21. The Morgan fingerprint density at radius 1 is 1.43 bits per heavy atom. The predicted octanol–water partition coefficient (Wildman–Crippen LogP) is 2.99. The van der Waals surface area contributed by atoms with Gasteiger partial charge in [-0.1, -0.05) is 42.7 Å². The molecular weight excluding hydrogens is 312 g/mol. The molecule has 0 spiro atoms. The van der Waals surface area contributed by atoms with Gasteiger partial charge < -0.3 is 15.2 Å². The number of aromatic nitrogens is 2. The Morgan fingerprint density at radius 3 is 3.00 bits per heavy atom. The zero-order valence-electron chi connectivity index (χ0n) is 13.6. The van der Waals surface area contributed by atoms with Gasteiger partial charge in [0.2, 0.25) is 11.7 Å². The van der Waals surface area contributed by atoms with Crippen LogP contribution in [-0.4, -0.2) is 40.7 Å². The third-order valence-corrected chi connectivity index (χ3v) is 4.82. The van der Waals surface area contributed by atoms with Crippen molar-refractivity contribution in [3.05, 3.63) is 35.2 Å². The van der Waals surface area contributed by atoms with Crippen molar-refractivity contribution in [3.8, 4) is 11.4 Å². The van der Waals surface area contributed by atoms with Gasteiger partial charge in [0.25, 0.3) is 0 Å². The molecule has 1 aliphatic heterocycles. The minimum Gasteiger partial charge on any atom is -0.339 e. The van der Waals surface area contributed by atoms with E-state index < -0.39 is 0 Å². The number of hydrogen-bond donors (Lipinski definition) is 1. The van der Waals surface area contributed by atoms with Crippen LogP contribution in [0.1, 0.15) is 26.2 Å². The standard InChI is InChI=1S/C17H23ClN4O/c1-17(2)11-22(8-6-14(17)19)9-7-15-20-16(21-23-15)12-4-3-5-13(18)10-12/h3-5,10,14H,6-9,11,19H2,1-2H3. The second-order valence-corrected chi connectivity index (χ2v) is 7.37. The molecule has 1 atom stereocenters. The Morgan fingerprint density at radius 2 is 2.26 bits per heavy atom. The number of hydrogen-bond acceptors (Lipinski definition) is 5. The average molecular weight is 335 g/mol. The Labute approximate surface area is 141 Å². The highest BCUT2D eigenvalue weighted by Crippen LogP contribution is 2.27. The van der Waals surface area contributed by atoms with Crippen molar-refractivity contribution in [2.75, 3.05) is 19.6 Å². The molecule has 0 bridgehead atoms. The van der Waals surface area contributed by atoms with Gasteiger partial charge >= 0.3 is 0 Å². The summed E-state index contributed by atoms with van der Waals surface area (Å²) < 4.78 is 5.37. The lowest BCUT2D eigenvalue weighted by Crippen LogP contribution is -2.52. The van der Waals surface area contributed by atoms with Crippen molar-refractivity contribution in [3.63, 3.8) is 0 Å². The van der Waals surface area contributed by atoms with Crippen LogP contribution in [0.15, 0.2) is 28.8 Å². The maximum Gasteiger partial charge on any atom is 0.228 e. The summed E-state index contributed by atoms with van der Waals surface area (Å²) in [6.45, 7) is 7.40. The van der Waals surface area contributed by atoms with E-state index in [-0.39, 0.29) is 11.5 Å². The topological polar surface area (TPSA) is 68.2 Å². The fraction of sp³-hybridized carbons (Fsp3) is 0.529. The molecule has 0 amide bonds. The van der Waals surface area contributed by atoms with E-state index in [1.807, 2.05) is 24.3 Å². The van der Waals surface area contributed by atoms with Gasteiger partial charge in [-0.25, -0.2) is 0 Å². The minimum atomic E-state index is 0.152. The van der Waals surface area contributed by atoms with E-state index in [0.29, 0.717) is 16.7 Å². The lowest BCUT2D eigenvalue weighted by Gasteiger charge is -2.42. The summed E-state index contributed by atoms with van der Waals surface area (Å²) in [5.74, 6) is 1.25. The molecular formula is C17H23ClN4O. The fourth-order valence-electron chi connectivity index (χ4n) is 3.03. The van der Waals surface area contributed by atoms with Gasteiger partial charge in [0.05, 0.1) is 0 Å². The lowest BCUT2D eigenvalue weighted by molar-refractivity contribution is 0.0945. The third kappa shape index (κ3) is 3.91. The van der Waals surface area contributed by atoms with Crippen LogP contribution in [0.5, 0.6) is 0 Å². The maximum absolute atomic E-state index is 6.18. The number of rotatable bonds is 4. The molecule has 0 aliphatic carbocycles. The van der Waals surface area contributed by atoms with Crippen molar-refractivity contribution >= 4 is 11.6 Å². The molecule has 0 saturated carbocycles. The van der Waals surface area contributed by atoms with E-state index in [0.717, 1.165) is 38.0 Å². The largest absolute Gasteiger partial charge is 0.339 e. The molecule has 1 fully saturated rings. The Balaban J connectivity index is 1.60. The van der Waals surface area contributed by atoms with Gasteiger partial charge in [0, 0.05) is 36.1 Å². The van der Waals surface area contributed by atoms with E-state index in [4.69, 9.17) is 21.9 Å². The second-order valence-electron chi connectivity index (χ2n) is 6.93. The summed E-state index contributed by atoms with van der Waals surface area (Å²) >= 11 is 6.00. The van der Waals surface area contributed by atoms with Crippen LogP contribution in [-0.2, 0) is 6.42 Å². The highest BCUT2D eigenvalue weighted by atomic mass is 35.5. The molecule has 0 radical (unpaired) electrons. The van der Waals surface area contributed by atoms with E-state index in [1.54, 1.807) is 0 Å². The molecule has 124 valence electrons. The predicted molar refractivity (Wildman–Crippen MR) is 91.3 cm³/mol. The van der Waals surface area contributed by atoms with Gasteiger partial charge in [0.1, 0.15) is 0 Å². The van der Waals surface area contributed by atoms with Crippen LogP contribution < -0.4 is 5.73 Å². The first-order chi connectivity index (χ1) is 10.9. The number of nitrogens with two attached hydrogens (primary N) is 1. The molecule has 2 N–H and O–H groups in total. The highest BCUT2D eigenvalue weighted by Gasteiger charge is 2.33. The van der Waals surface area contributed by atoms with Crippen molar-refractivity contribution < 1.29 is 4.52 Å². The van der Waals surface area contributed by atoms with Gasteiger partial charge in [-0.2, -0.15) is 4.98 Å². The van der Waals surface area contributed by atoms with Crippen LogP contribution in [0, 0.1) is 5.41 Å². The van der Waals surface area contributed by atoms with Crippen LogP contribution in [0.2, 0.25) is 5.02 Å². The number of halogens is 1. The molecule has 1 unspecified atom stereocenters. The third-order valence-electron chi connectivity index (χ3n) is 4.58. The minimum absolute atomic E-state index is 0.152. The fourth-order valence-corrected chi connectivity index (χ4v) is 3.22. The lowest BCUT2D eigenvalue weighted by atomic mass is 9.80. The van der Waals surface area contributed by atoms with Crippen molar-refractivity contribution in [1.29, 1.82) is 0 Å². The smallest absolute Gasteiger partial charge is 0.228 e. The van der Waals surface area contributed by atoms with E-state index >= 15 is 0 Å². The molecule has 5 nitrogen and oxygen atoms in total. The maximum atomic E-state index is 6.18. The van der Waals surface area contributed by atoms with Crippen LogP contribution >= 0.6 is 11.6 Å². The van der Waals surface area contributed by atoms with Crippen molar-refractivity contribution in [2.45, 2.75) is 32.7 Å². The molecule has 3 rings (SSSR count). The molecule has 23 heavy (non-hydrogen) atoms. The molecule has 1 aromatic carbocycles. The highest BCUT2D eigenvalue weighted by molar-refractivity contribution is 6.30. The Kier molecular flexibility index (Phi) is 4.71. The van der Waals surface area contributed by atoms with E-state index in [1.165, 1.54) is 0 Å². The van der Waals surface area contributed by atoms with Gasteiger partial charge in [-0.05, 0) is 30.5 Å². The summed E-state index contributed by atoms with van der Waals surface area (Å²) in [7, 11) is 0. The van der Waals surface area contributed by atoms with Crippen molar-refractivity contribution in [2.24, 2.45) is 11.1 Å². The van der Waals surface area contributed by atoms with Gasteiger partial charge in [-0.3, -0.25) is 0 Å². The second kappa shape index (κ2) is 6.59. The summed E-state index contributed by atoms with van der Waals surface area (Å²) in [4.78, 5) is 6.89. The van der Waals surface area contributed by atoms with Crippen LogP contribution in [0.4, 0.5) is 0 Å². The monoisotopic (exact) mass is 334 g/mol. The molecule has 1 saturated heterocycles. The van der Waals surface area contributed by atoms with E-state index in [2.05, 4.69) is 28.9 Å². The van der Waals surface area contributed by atoms with E-state index in [9.17, 15) is 0 Å². The zero-order chi connectivity index (χ0) is 16.4. The summed E-state index contributed by atoms with van der Waals surface area (Å²) in [5, 5.41) is 4.72. The quantitative estimate of drug-likeness (QED) is 0.930. The van der Waals surface area contributed by atoms with Crippen LogP contribution in [0.25, 0.3) is 11.4 Å². The first-order valence-electron chi connectivity index (χ1n) is 8.00. The van der Waals surface area contributed by atoms with Crippen molar-refractivity contribution in [1.82, 2.24) is 15.0 Å². The first-order valence-corrected chi connectivity index (χ1v) is 8.38. The number of piperidine rings is 1. The molecule has 2 aromatic rings. The summed E-state index contributed by atoms with van der Waals surface area (Å²) in [6.07, 6.45) is 1.78. The normalized spacial score (nSPS) is 21.5. The zero-order valence-corrected chi connectivity index (χ0v) is 14.4. The average Bonchev–Trinajstić information content (AvgIpc) is 2.97. The van der Waals surface area contributed by atoms with Gasteiger partial charge in [0.15, 0.2) is 0 Å². The number of nitrogens with zero attached hydrogens (tertiary/aromatic N) is 3. The molecule has 1 aliphatic rings. The first kappa shape index (κ1) is 16.4. The van der Waals surface area contributed by atoms with Gasteiger partial charge in [-0.15, -0.1) is 0 Å². The SMILES string of the molecule is CC1(C)CN(CCc2nc(-c3cccc(Cl)c3)no2)CCC1N. The Bertz CT molecular complexity index is 670. The number of benzene rings is 1. The van der Waals surface area contributed by atoms with Crippen LogP contribution in [0.3, 0.4) is 0 Å². The summed E-state index contributed by atoms with van der Waals surface area (Å²) in [6, 6.07) is 7.75. The molecule has 2 heterocycles.